The number of carbonyl (C=O) groups is 3. The molecule has 0 fully saturated rings. The van der Waals surface area contributed by atoms with Crippen LogP contribution >= 0.6 is 0 Å². The van der Waals surface area contributed by atoms with Crippen molar-refractivity contribution in [3.8, 4) is 17.2 Å². The average molecular weight is 554 g/mol. The molecule has 0 saturated heterocycles. The summed E-state index contributed by atoms with van der Waals surface area (Å²) in [6.45, 7) is 4.54. The van der Waals surface area contributed by atoms with E-state index < -0.39 is 11.9 Å². The van der Waals surface area contributed by atoms with Gasteiger partial charge in [0.15, 0.2) is 11.5 Å². The molecule has 4 aromatic rings. The summed E-state index contributed by atoms with van der Waals surface area (Å²) >= 11 is 0. The van der Waals surface area contributed by atoms with Crippen LogP contribution in [0.3, 0.4) is 0 Å². The number of ether oxygens (including phenoxy) is 3. The second-order valence-corrected chi connectivity index (χ2v) is 8.90. The van der Waals surface area contributed by atoms with Crippen molar-refractivity contribution in [2.24, 2.45) is 5.10 Å². The molecule has 0 aliphatic heterocycles. The largest absolute Gasteiger partial charge is 0.494 e. The van der Waals surface area contributed by atoms with E-state index in [4.69, 9.17) is 14.2 Å². The summed E-state index contributed by atoms with van der Waals surface area (Å²) in [6, 6.07) is 24.6. The van der Waals surface area contributed by atoms with E-state index in [0.717, 1.165) is 17.2 Å². The van der Waals surface area contributed by atoms with Gasteiger partial charge < -0.3 is 19.5 Å². The lowest BCUT2D eigenvalue weighted by atomic mass is 10.0. The zero-order valence-corrected chi connectivity index (χ0v) is 22.9. The van der Waals surface area contributed by atoms with E-state index in [1.165, 1.54) is 6.21 Å². The Labute approximate surface area is 238 Å². The highest BCUT2D eigenvalue weighted by Gasteiger charge is 2.14. The maximum atomic E-state index is 12.7. The molecule has 0 bridgehead atoms. The van der Waals surface area contributed by atoms with Gasteiger partial charge in [0.25, 0.3) is 11.8 Å². The van der Waals surface area contributed by atoms with Gasteiger partial charge in [0, 0.05) is 5.56 Å². The smallest absolute Gasteiger partial charge is 0.343 e. The first-order valence-corrected chi connectivity index (χ1v) is 13.3. The van der Waals surface area contributed by atoms with Gasteiger partial charge in [0.2, 0.25) is 0 Å². The number of hydrogen-bond donors (Lipinski definition) is 2. The van der Waals surface area contributed by atoms with Crippen LogP contribution in [0.5, 0.6) is 17.2 Å². The highest BCUT2D eigenvalue weighted by Crippen LogP contribution is 2.29. The molecule has 9 heteroatoms. The van der Waals surface area contributed by atoms with Gasteiger partial charge in [0.05, 0.1) is 31.5 Å². The lowest BCUT2D eigenvalue weighted by molar-refractivity contribution is -0.120. The third-order valence-corrected chi connectivity index (χ3v) is 5.88. The molecule has 0 spiro atoms. The lowest BCUT2D eigenvalue weighted by Crippen LogP contribution is -2.35. The molecule has 4 aromatic carbocycles. The molecule has 4 rings (SSSR count). The number of nitrogens with zero attached hydrogens (tertiary/aromatic N) is 1. The van der Waals surface area contributed by atoms with E-state index >= 15 is 0 Å². The van der Waals surface area contributed by atoms with Crippen molar-refractivity contribution in [1.29, 1.82) is 0 Å². The summed E-state index contributed by atoms with van der Waals surface area (Å²) in [5.74, 6) is -0.0971. The summed E-state index contributed by atoms with van der Waals surface area (Å²) in [5.41, 5.74) is 3.85. The monoisotopic (exact) mass is 553 g/mol. The normalized spacial score (nSPS) is 10.8. The van der Waals surface area contributed by atoms with Crippen LogP contribution in [-0.2, 0) is 4.79 Å². The minimum absolute atomic E-state index is 0.246. The van der Waals surface area contributed by atoms with Gasteiger partial charge in [-0.15, -0.1) is 0 Å². The van der Waals surface area contributed by atoms with Crippen LogP contribution in [0.25, 0.3) is 10.8 Å². The zero-order valence-electron chi connectivity index (χ0n) is 22.9. The zero-order chi connectivity index (χ0) is 29.0. The number of esters is 1. The lowest BCUT2D eigenvalue weighted by Gasteiger charge is -2.12. The summed E-state index contributed by atoms with van der Waals surface area (Å²) in [6.07, 6.45) is 2.31. The van der Waals surface area contributed by atoms with Crippen LogP contribution in [0.2, 0.25) is 0 Å². The molecular formula is C32H31N3O6. The summed E-state index contributed by atoms with van der Waals surface area (Å²) < 4.78 is 16.8. The van der Waals surface area contributed by atoms with Gasteiger partial charge in [-0.3, -0.25) is 9.59 Å². The first-order valence-electron chi connectivity index (χ1n) is 13.3. The standard InChI is InChI=1S/C32H31N3O6/c1-3-18-40-25-15-13-24(14-16-25)32(38)41-28-17-12-22(19-29(28)39-4-2)20-34-35-30(36)21-33-31(37)27-11-7-9-23-8-5-6-10-26(23)27/h5-17,19-20H,3-4,18,21H2,1-2H3,(H,33,37)(H,35,36). The van der Waals surface area contributed by atoms with Gasteiger partial charge in [-0.25, -0.2) is 10.2 Å². The second-order valence-electron chi connectivity index (χ2n) is 8.90. The minimum Gasteiger partial charge on any atom is -0.494 e. The van der Waals surface area contributed by atoms with Crippen LogP contribution in [0.15, 0.2) is 90.0 Å². The third kappa shape index (κ3) is 7.92. The molecule has 0 aromatic heterocycles. The van der Waals surface area contributed by atoms with Crippen molar-refractivity contribution in [2.45, 2.75) is 20.3 Å². The summed E-state index contributed by atoms with van der Waals surface area (Å²) in [5, 5.41) is 8.32. The van der Waals surface area contributed by atoms with Crippen LogP contribution < -0.4 is 25.0 Å². The summed E-state index contributed by atoms with van der Waals surface area (Å²) in [4.78, 5) is 37.5. The third-order valence-electron chi connectivity index (χ3n) is 5.88. The Hall–Kier alpha value is -5.18. The molecule has 0 saturated carbocycles. The number of benzene rings is 4. The Kier molecular flexibility index (Phi) is 10.0. The predicted molar refractivity (Wildman–Crippen MR) is 157 cm³/mol. The number of hydrazone groups is 1. The van der Waals surface area contributed by atoms with E-state index in [9.17, 15) is 14.4 Å². The molecule has 41 heavy (non-hydrogen) atoms. The fraction of sp³-hybridized carbons (Fsp3) is 0.188. The van der Waals surface area contributed by atoms with E-state index in [-0.39, 0.29) is 18.2 Å². The molecule has 0 atom stereocenters. The molecule has 0 aliphatic rings. The molecule has 0 heterocycles. The SMILES string of the molecule is CCCOc1ccc(C(=O)Oc2ccc(C=NNC(=O)CNC(=O)c3cccc4ccccc34)cc2OCC)cc1. The maximum Gasteiger partial charge on any atom is 0.343 e. The molecule has 0 radical (unpaired) electrons. The first kappa shape index (κ1) is 28.8. The predicted octanol–water partition coefficient (Wildman–Crippen LogP) is 5.13. The molecule has 2 N–H and O–H groups in total. The van der Waals surface area contributed by atoms with Crippen molar-refractivity contribution >= 4 is 34.8 Å². The fourth-order valence-corrected chi connectivity index (χ4v) is 3.92. The quantitative estimate of drug-likeness (QED) is 0.109. The Morgan fingerprint density at radius 3 is 2.41 bits per heavy atom. The van der Waals surface area contributed by atoms with E-state index in [2.05, 4.69) is 15.8 Å². The highest BCUT2D eigenvalue weighted by molar-refractivity contribution is 6.07. The van der Waals surface area contributed by atoms with Crippen LogP contribution in [0.4, 0.5) is 0 Å². The Morgan fingerprint density at radius 1 is 0.854 bits per heavy atom. The Bertz CT molecular complexity index is 1540. The van der Waals surface area contributed by atoms with Crippen molar-refractivity contribution in [1.82, 2.24) is 10.7 Å². The average Bonchev–Trinajstić information content (AvgIpc) is 3.00. The van der Waals surface area contributed by atoms with Gasteiger partial charge in [-0.05, 0) is 78.2 Å². The van der Waals surface area contributed by atoms with E-state index in [1.54, 1.807) is 54.6 Å². The molecule has 210 valence electrons. The number of rotatable bonds is 12. The van der Waals surface area contributed by atoms with Gasteiger partial charge >= 0.3 is 5.97 Å². The molecule has 2 amide bonds. The molecule has 0 unspecified atom stereocenters. The Balaban J connectivity index is 1.32. The van der Waals surface area contributed by atoms with Crippen LogP contribution in [0, 0.1) is 0 Å². The number of hydrogen-bond acceptors (Lipinski definition) is 7. The van der Waals surface area contributed by atoms with Crippen molar-refractivity contribution in [2.75, 3.05) is 19.8 Å². The van der Waals surface area contributed by atoms with Crippen LogP contribution in [0.1, 0.15) is 46.5 Å². The second kappa shape index (κ2) is 14.3. The van der Waals surface area contributed by atoms with Gasteiger partial charge in [-0.2, -0.15) is 5.10 Å². The first-order chi connectivity index (χ1) is 20.0. The molecule has 0 aliphatic carbocycles. The number of carbonyl (C=O) groups excluding carboxylic acids is 3. The summed E-state index contributed by atoms with van der Waals surface area (Å²) in [7, 11) is 0. The van der Waals surface area contributed by atoms with E-state index in [1.807, 2.05) is 44.2 Å². The number of fused-ring (bicyclic) bond motifs is 1. The highest BCUT2D eigenvalue weighted by atomic mass is 16.6. The fourth-order valence-electron chi connectivity index (χ4n) is 3.92. The Morgan fingerprint density at radius 2 is 1.63 bits per heavy atom. The van der Waals surface area contributed by atoms with Crippen molar-refractivity contribution in [3.05, 3.63) is 102 Å². The molecule has 9 nitrogen and oxygen atoms in total. The van der Waals surface area contributed by atoms with Gasteiger partial charge in [0.1, 0.15) is 5.75 Å². The number of amides is 2. The van der Waals surface area contributed by atoms with E-state index in [0.29, 0.717) is 41.4 Å². The van der Waals surface area contributed by atoms with Crippen molar-refractivity contribution in [3.63, 3.8) is 0 Å². The topological polar surface area (TPSA) is 115 Å². The number of nitrogens with one attached hydrogen (secondary N) is 2. The minimum atomic E-state index is -0.535. The van der Waals surface area contributed by atoms with Crippen molar-refractivity contribution < 1.29 is 28.6 Å². The van der Waals surface area contributed by atoms with Gasteiger partial charge in [-0.1, -0.05) is 43.3 Å². The molecular weight excluding hydrogens is 522 g/mol. The maximum absolute atomic E-state index is 12.7. The van der Waals surface area contributed by atoms with Crippen LogP contribution in [-0.4, -0.2) is 43.8 Å².